The van der Waals surface area contributed by atoms with Gasteiger partial charge in [-0.25, -0.2) is 24.5 Å². The third-order valence-electron chi connectivity index (χ3n) is 6.40. The van der Waals surface area contributed by atoms with Crippen LogP contribution in [0.3, 0.4) is 0 Å². The maximum Gasteiger partial charge on any atom is 0.172 e. The fourth-order valence-electron chi connectivity index (χ4n) is 4.58. The summed E-state index contributed by atoms with van der Waals surface area (Å²) in [7, 11) is 0. The summed E-state index contributed by atoms with van der Waals surface area (Å²) in [5.74, 6) is 3.62. The Labute approximate surface area is 205 Å². The quantitative estimate of drug-likeness (QED) is 0.408. The average molecular weight is 483 g/mol. The molecule has 2 aliphatic heterocycles. The van der Waals surface area contributed by atoms with E-state index in [2.05, 4.69) is 30.3 Å². The number of fused-ring (bicyclic) bond motifs is 5. The van der Waals surface area contributed by atoms with Crippen molar-refractivity contribution >= 4 is 34.0 Å². The molecule has 1 saturated heterocycles. The van der Waals surface area contributed by atoms with Crippen molar-refractivity contribution in [2.75, 3.05) is 36.6 Å². The molecule has 7 rings (SSSR count). The molecule has 1 N–H and O–H groups in total. The SMILES string of the molecule is Cc1cc(Nc2ncnc3cc4c(nc23)N2CCOC[C@H]2CO4)ccc1Oc1ccn2ncnc2c1. The van der Waals surface area contributed by atoms with Crippen LogP contribution in [0.15, 0.2) is 55.2 Å². The fraction of sp³-hybridized carbons (Fsp3) is 0.240. The number of ether oxygens (including phenoxy) is 3. The molecule has 0 aliphatic carbocycles. The summed E-state index contributed by atoms with van der Waals surface area (Å²) in [6.45, 7) is 4.67. The van der Waals surface area contributed by atoms with E-state index in [0.29, 0.717) is 36.9 Å². The van der Waals surface area contributed by atoms with Crippen LogP contribution in [-0.2, 0) is 4.74 Å². The second-order valence-corrected chi connectivity index (χ2v) is 8.77. The number of nitrogens with zero attached hydrogens (tertiary/aromatic N) is 7. The van der Waals surface area contributed by atoms with Gasteiger partial charge in [0.05, 0.1) is 24.8 Å². The molecule has 1 fully saturated rings. The predicted octanol–water partition coefficient (Wildman–Crippen LogP) is 3.51. The Hall–Kier alpha value is -4.51. The Bertz CT molecular complexity index is 1600. The standard InChI is InChI=1S/C25H22N8O3/c1-15-8-16(2-3-20(15)36-18-4-5-33-22(9-18)27-14-29-33)30-24-23-19(26-13-28-24)10-21-25(31-23)32-6-7-34-11-17(32)12-35-21/h2-5,8-10,13-14,17H,6-7,11-12H2,1H3,(H,26,28,30)/t17-/m0/s1. The normalized spacial score (nSPS) is 16.9. The number of morpholine rings is 1. The molecule has 1 atom stereocenters. The highest BCUT2D eigenvalue weighted by Gasteiger charge is 2.32. The van der Waals surface area contributed by atoms with E-state index in [9.17, 15) is 0 Å². The van der Waals surface area contributed by atoms with Crippen molar-refractivity contribution in [3.63, 3.8) is 0 Å². The molecule has 0 amide bonds. The highest BCUT2D eigenvalue weighted by molar-refractivity contribution is 5.90. The fourth-order valence-corrected chi connectivity index (χ4v) is 4.58. The predicted molar refractivity (Wildman–Crippen MR) is 132 cm³/mol. The molecule has 2 aliphatic rings. The highest BCUT2D eigenvalue weighted by Crippen LogP contribution is 2.37. The van der Waals surface area contributed by atoms with Crippen LogP contribution in [0.5, 0.6) is 17.2 Å². The van der Waals surface area contributed by atoms with Gasteiger partial charge < -0.3 is 24.4 Å². The van der Waals surface area contributed by atoms with Gasteiger partial charge in [0, 0.05) is 30.6 Å². The molecular weight excluding hydrogens is 460 g/mol. The highest BCUT2D eigenvalue weighted by atomic mass is 16.5. The van der Waals surface area contributed by atoms with Crippen molar-refractivity contribution in [2.24, 2.45) is 0 Å². The number of anilines is 3. The average Bonchev–Trinajstić information content (AvgIpc) is 3.37. The van der Waals surface area contributed by atoms with E-state index in [1.807, 2.05) is 49.5 Å². The van der Waals surface area contributed by atoms with Crippen LogP contribution in [0.2, 0.25) is 0 Å². The van der Waals surface area contributed by atoms with Gasteiger partial charge in [-0.05, 0) is 36.8 Å². The van der Waals surface area contributed by atoms with Gasteiger partial charge in [0.15, 0.2) is 23.0 Å². The zero-order valence-electron chi connectivity index (χ0n) is 19.5. The summed E-state index contributed by atoms with van der Waals surface area (Å²) in [4.78, 5) is 20.3. The van der Waals surface area contributed by atoms with Crippen LogP contribution >= 0.6 is 0 Å². The summed E-state index contributed by atoms with van der Waals surface area (Å²) in [6.07, 6.45) is 4.86. The Balaban J connectivity index is 1.18. The molecule has 0 bridgehead atoms. The molecule has 0 unspecified atom stereocenters. The molecule has 11 nitrogen and oxygen atoms in total. The second kappa shape index (κ2) is 8.31. The van der Waals surface area contributed by atoms with Crippen molar-refractivity contribution < 1.29 is 14.2 Å². The summed E-state index contributed by atoms with van der Waals surface area (Å²) in [6, 6.07) is 11.7. The molecule has 5 aromatic rings. The number of hydrogen-bond acceptors (Lipinski definition) is 10. The first kappa shape index (κ1) is 20.8. The van der Waals surface area contributed by atoms with Gasteiger partial charge in [-0.2, -0.15) is 5.10 Å². The lowest BCUT2D eigenvalue weighted by atomic mass is 10.2. The zero-order chi connectivity index (χ0) is 24.1. The lowest BCUT2D eigenvalue weighted by Gasteiger charge is -2.40. The molecule has 0 radical (unpaired) electrons. The number of hydrogen-bond donors (Lipinski definition) is 1. The first-order valence-electron chi connectivity index (χ1n) is 11.7. The largest absolute Gasteiger partial charge is 0.487 e. The van der Waals surface area contributed by atoms with Crippen molar-refractivity contribution in [1.82, 2.24) is 29.5 Å². The van der Waals surface area contributed by atoms with Crippen LogP contribution in [0.25, 0.3) is 16.7 Å². The van der Waals surface area contributed by atoms with E-state index < -0.39 is 0 Å². The van der Waals surface area contributed by atoms with E-state index in [-0.39, 0.29) is 6.04 Å². The van der Waals surface area contributed by atoms with E-state index >= 15 is 0 Å². The maximum absolute atomic E-state index is 6.10. The Morgan fingerprint density at radius 2 is 2.03 bits per heavy atom. The molecule has 0 spiro atoms. The number of rotatable bonds is 4. The maximum atomic E-state index is 6.10. The van der Waals surface area contributed by atoms with Gasteiger partial charge in [-0.15, -0.1) is 0 Å². The van der Waals surface area contributed by atoms with Crippen molar-refractivity contribution in [2.45, 2.75) is 13.0 Å². The molecule has 0 saturated carbocycles. The molecule has 36 heavy (non-hydrogen) atoms. The lowest BCUT2D eigenvalue weighted by molar-refractivity contribution is 0.0698. The van der Waals surface area contributed by atoms with Crippen molar-refractivity contribution in [3.8, 4) is 17.2 Å². The van der Waals surface area contributed by atoms with Gasteiger partial charge >= 0.3 is 0 Å². The van der Waals surface area contributed by atoms with E-state index in [4.69, 9.17) is 19.2 Å². The van der Waals surface area contributed by atoms with Gasteiger partial charge in [0.1, 0.15) is 36.3 Å². The minimum atomic E-state index is 0.165. The van der Waals surface area contributed by atoms with Crippen LogP contribution in [0, 0.1) is 6.92 Å². The molecule has 6 heterocycles. The molecule has 4 aromatic heterocycles. The molecule has 180 valence electrons. The van der Waals surface area contributed by atoms with E-state index in [0.717, 1.165) is 46.3 Å². The Kier molecular flexibility index (Phi) is 4.81. The van der Waals surface area contributed by atoms with Gasteiger partial charge in [-0.3, -0.25) is 0 Å². The summed E-state index contributed by atoms with van der Waals surface area (Å²) < 4.78 is 19.4. The van der Waals surface area contributed by atoms with Gasteiger partial charge in [-0.1, -0.05) is 0 Å². The number of pyridine rings is 2. The van der Waals surface area contributed by atoms with Crippen LogP contribution in [-0.4, -0.2) is 62.0 Å². The number of aromatic nitrogens is 6. The number of aryl methyl sites for hydroxylation is 1. The monoisotopic (exact) mass is 482 g/mol. The van der Waals surface area contributed by atoms with E-state index in [1.54, 1.807) is 4.52 Å². The minimum Gasteiger partial charge on any atom is -0.487 e. The smallest absolute Gasteiger partial charge is 0.172 e. The lowest BCUT2D eigenvalue weighted by Crippen LogP contribution is -2.51. The molecule has 11 heteroatoms. The second-order valence-electron chi connectivity index (χ2n) is 8.77. The zero-order valence-corrected chi connectivity index (χ0v) is 19.5. The number of benzene rings is 1. The van der Waals surface area contributed by atoms with Crippen molar-refractivity contribution in [1.29, 1.82) is 0 Å². The molecule has 1 aromatic carbocycles. The first-order chi connectivity index (χ1) is 17.7. The number of nitrogens with one attached hydrogen (secondary N) is 1. The Morgan fingerprint density at radius 1 is 1.06 bits per heavy atom. The third-order valence-corrected chi connectivity index (χ3v) is 6.40. The van der Waals surface area contributed by atoms with Crippen LogP contribution in [0.4, 0.5) is 17.3 Å². The van der Waals surface area contributed by atoms with E-state index in [1.165, 1.54) is 12.7 Å². The summed E-state index contributed by atoms with van der Waals surface area (Å²) in [5, 5.41) is 7.52. The Morgan fingerprint density at radius 3 is 2.97 bits per heavy atom. The summed E-state index contributed by atoms with van der Waals surface area (Å²) in [5.41, 5.74) is 3.97. The third kappa shape index (κ3) is 3.60. The topological polar surface area (TPSA) is 112 Å². The van der Waals surface area contributed by atoms with Crippen LogP contribution < -0.4 is 19.7 Å². The first-order valence-corrected chi connectivity index (χ1v) is 11.7. The van der Waals surface area contributed by atoms with Gasteiger partial charge in [0.2, 0.25) is 0 Å². The summed E-state index contributed by atoms with van der Waals surface area (Å²) >= 11 is 0. The van der Waals surface area contributed by atoms with Crippen LogP contribution in [0.1, 0.15) is 5.56 Å². The minimum absolute atomic E-state index is 0.165. The van der Waals surface area contributed by atoms with Gasteiger partial charge in [0.25, 0.3) is 0 Å². The van der Waals surface area contributed by atoms with Crippen molar-refractivity contribution in [3.05, 3.63) is 60.8 Å². The molecular formula is C25H22N8O3.